The fraction of sp³-hybridized carbons (Fsp3) is 0.348. The number of amides is 2. The number of hydrogen-bond acceptors (Lipinski definition) is 5. The van der Waals surface area contributed by atoms with E-state index in [9.17, 15) is 9.18 Å². The summed E-state index contributed by atoms with van der Waals surface area (Å²) >= 11 is 0. The molecular weight excluding hydrogens is 399 g/mol. The van der Waals surface area contributed by atoms with Crippen LogP contribution in [0.2, 0.25) is 0 Å². The number of hydrogen-bond donors (Lipinski definition) is 1. The predicted molar refractivity (Wildman–Crippen MR) is 114 cm³/mol. The van der Waals surface area contributed by atoms with Gasteiger partial charge in [-0.05, 0) is 62.1 Å². The number of piperidine rings is 1. The molecule has 3 aromatic rings. The Bertz CT molecular complexity index is 1050. The van der Waals surface area contributed by atoms with Crippen LogP contribution in [-0.4, -0.2) is 34.2 Å². The summed E-state index contributed by atoms with van der Waals surface area (Å²) in [7, 11) is 0. The van der Waals surface area contributed by atoms with E-state index in [0.29, 0.717) is 18.9 Å². The van der Waals surface area contributed by atoms with Crippen molar-refractivity contribution in [2.45, 2.75) is 39.2 Å². The van der Waals surface area contributed by atoms with Crippen LogP contribution in [0.1, 0.15) is 41.6 Å². The lowest BCUT2D eigenvalue weighted by Crippen LogP contribution is -2.41. The van der Waals surface area contributed by atoms with E-state index in [1.165, 1.54) is 6.07 Å². The Morgan fingerprint density at radius 1 is 1.26 bits per heavy atom. The number of benzene rings is 2. The van der Waals surface area contributed by atoms with Gasteiger partial charge < -0.3 is 19.5 Å². The number of anilines is 1. The molecule has 0 aliphatic carbocycles. The third-order valence-electron chi connectivity index (χ3n) is 5.22. The minimum absolute atomic E-state index is 0.0163. The molecular formula is C23H25FN4O3. The largest absolute Gasteiger partial charge is 0.481 e. The van der Waals surface area contributed by atoms with Crippen molar-refractivity contribution in [3.8, 4) is 5.75 Å². The fourth-order valence-corrected chi connectivity index (χ4v) is 3.82. The lowest BCUT2D eigenvalue weighted by Gasteiger charge is -2.31. The number of para-hydroxylation sites is 1. The van der Waals surface area contributed by atoms with Gasteiger partial charge in [0.25, 0.3) is 5.89 Å². The Kier molecular flexibility index (Phi) is 6.16. The lowest BCUT2D eigenvalue weighted by atomic mass is 9.97. The minimum Gasteiger partial charge on any atom is -0.481 e. The van der Waals surface area contributed by atoms with Gasteiger partial charge >= 0.3 is 6.03 Å². The highest BCUT2D eigenvalue weighted by molar-refractivity contribution is 5.89. The molecule has 2 amide bonds. The molecule has 1 fully saturated rings. The first-order chi connectivity index (χ1) is 15.0. The average molecular weight is 424 g/mol. The summed E-state index contributed by atoms with van der Waals surface area (Å²) in [5.74, 6) is 0.477. The van der Waals surface area contributed by atoms with Gasteiger partial charge in [-0.25, -0.2) is 9.18 Å². The second kappa shape index (κ2) is 9.16. The maximum absolute atomic E-state index is 13.7. The third-order valence-corrected chi connectivity index (χ3v) is 5.22. The summed E-state index contributed by atoms with van der Waals surface area (Å²) in [5.41, 5.74) is 2.99. The average Bonchev–Trinajstić information content (AvgIpc) is 3.22. The van der Waals surface area contributed by atoms with Gasteiger partial charge in [0.1, 0.15) is 0 Å². The van der Waals surface area contributed by atoms with Crippen molar-refractivity contribution in [3.63, 3.8) is 0 Å². The van der Waals surface area contributed by atoms with E-state index >= 15 is 0 Å². The number of rotatable bonds is 5. The quantitative estimate of drug-likeness (QED) is 0.635. The van der Waals surface area contributed by atoms with Gasteiger partial charge in [-0.1, -0.05) is 23.4 Å². The molecule has 0 spiro atoms. The maximum Gasteiger partial charge on any atom is 0.321 e. The van der Waals surface area contributed by atoms with Crippen LogP contribution in [0.4, 0.5) is 14.9 Å². The number of urea groups is 1. The van der Waals surface area contributed by atoms with Gasteiger partial charge in [0, 0.05) is 24.7 Å². The normalized spacial score (nSPS) is 16.2. The molecule has 31 heavy (non-hydrogen) atoms. The van der Waals surface area contributed by atoms with Gasteiger partial charge in [0.15, 0.2) is 24.0 Å². The van der Waals surface area contributed by atoms with E-state index in [-0.39, 0.29) is 30.2 Å². The summed E-state index contributed by atoms with van der Waals surface area (Å²) in [4.78, 5) is 18.9. The number of carbonyl (C=O) groups is 1. The molecule has 0 saturated carbocycles. The lowest BCUT2D eigenvalue weighted by molar-refractivity contribution is 0.190. The first kappa shape index (κ1) is 20.8. The molecule has 1 aliphatic rings. The highest BCUT2D eigenvalue weighted by atomic mass is 19.1. The number of carbonyl (C=O) groups excluding carboxylic acids is 1. The Morgan fingerprint density at radius 2 is 2.03 bits per heavy atom. The van der Waals surface area contributed by atoms with Crippen LogP contribution in [-0.2, 0) is 6.61 Å². The number of halogens is 1. The van der Waals surface area contributed by atoms with E-state index < -0.39 is 5.82 Å². The van der Waals surface area contributed by atoms with E-state index in [1.54, 1.807) is 23.1 Å². The fourth-order valence-electron chi connectivity index (χ4n) is 3.82. The number of aromatic nitrogens is 2. The number of aryl methyl sites for hydroxylation is 2. The molecule has 8 heteroatoms. The molecule has 1 saturated heterocycles. The number of nitrogens with one attached hydrogen (secondary N) is 1. The molecule has 2 aromatic carbocycles. The zero-order valence-electron chi connectivity index (χ0n) is 17.6. The third kappa shape index (κ3) is 5.20. The zero-order valence-corrected chi connectivity index (χ0v) is 17.6. The topological polar surface area (TPSA) is 80.5 Å². The van der Waals surface area contributed by atoms with Crippen LogP contribution in [0.25, 0.3) is 0 Å². The Hall–Kier alpha value is -3.42. The number of ether oxygens (including phenoxy) is 1. The van der Waals surface area contributed by atoms with Crippen LogP contribution in [0.5, 0.6) is 5.75 Å². The van der Waals surface area contributed by atoms with E-state index in [2.05, 4.69) is 21.5 Å². The van der Waals surface area contributed by atoms with Crippen molar-refractivity contribution in [3.05, 3.63) is 71.1 Å². The number of likely N-dealkylation sites (tertiary alicyclic amines) is 1. The van der Waals surface area contributed by atoms with Gasteiger partial charge in [0.2, 0.25) is 0 Å². The van der Waals surface area contributed by atoms with Crippen LogP contribution >= 0.6 is 0 Å². The molecule has 1 atom stereocenters. The van der Waals surface area contributed by atoms with E-state index in [0.717, 1.165) is 29.7 Å². The summed E-state index contributed by atoms with van der Waals surface area (Å²) < 4.78 is 24.4. The first-order valence-electron chi connectivity index (χ1n) is 10.3. The van der Waals surface area contributed by atoms with Gasteiger partial charge in [-0.3, -0.25) is 0 Å². The van der Waals surface area contributed by atoms with Crippen LogP contribution in [0, 0.1) is 19.7 Å². The Morgan fingerprint density at radius 3 is 2.81 bits per heavy atom. The predicted octanol–water partition coefficient (Wildman–Crippen LogP) is 4.82. The molecule has 1 unspecified atom stereocenters. The van der Waals surface area contributed by atoms with Crippen molar-refractivity contribution >= 4 is 11.7 Å². The van der Waals surface area contributed by atoms with Gasteiger partial charge in [-0.2, -0.15) is 4.98 Å². The van der Waals surface area contributed by atoms with Crippen molar-refractivity contribution in [2.24, 2.45) is 0 Å². The minimum atomic E-state index is -0.444. The van der Waals surface area contributed by atoms with Crippen molar-refractivity contribution < 1.29 is 18.4 Å². The Balaban J connectivity index is 1.36. The summed E-state index contributed by atoms with van der Waals surface area (Å²) in [6, 6.07) is 12.0. The highest BCUT2D eigenvalue weighted by Gasteiger charge is 2.28. The highest BCUT2D eigenvalue weighted by Crippen LogP contribution is 2.26. The standard InChI is InChI=1S/C23H25FN4O3/c1-15-10-16(2)12-18(11-15)25-23(29)28-9-5-6-17(13-28)22-26-21(31-27-22)14-30-20-8-4-3-7-19(20)24/h3-4,7-8,10-12,17H,5-6,9,13-14H2,1-2H3,(H,25,29). The maximum atomic E-state index is 13.7. The van der Waals surface area contributed by atoms with E-state index in [1.807, 2.05) is 26.0 Å². The molecule has 0 radical (unpaired) electrons. The van der Waals surface area contributed by atoms with Crippen molar-refractivity contribution in [1.29, 1.82) is 0 Å². The SMILES string of the molecule is Cc1cc(C)cc(NC(=O)N2CCCC(c3noc(COc4ccccc4F)n3)C2)c1. The molecule has 4 rings (SSSR count). The van der Waals surface area contributed by atoms with Crippen LogP contribution in [0.3, 0.4) is 0 Å². The summed E-state index contributed by atoms with van der Waals surface area (Å²) in [6.45, 7) is 5.17. The molecule has 1 aromatic heterocycles. The van der Waals surface area contributed by atoms with Crippen molar-refractivity contribution in [2.75, 3.05) is 18.4 Å². The Labute approximate surface area is 180 Å². The zero-order chi connectivity index (χ0) is 21.8. The second-order valence-corrected chi connectivity index (χ2v) is 7.86. The first-order valence-corrected chi connectivity index (χ1v) is 10.3. The van der Waals surface area contributed by atoms with E-state index in [4.69, 9.17) is 9.26 Å². The summed E-state index contributed by atoms with van der Waals surface area (Å²) in [6.07, 6.45) is 1.71. The molecule has 0 bridgehead atoms. The molecule has 1 aliphatic heterocycles. The van der Waals surface area contributed by atoms with Gasteiger partial charge in [0.05, 0.1) is 0 Å². The second-order valence-electron chi connectivity index (χ2n) is 7.86. The molecule has 1 N–H and O–H groups in total. The molecule has 7 nitrogen and oxygen atoms in total. The van der Waals surface area contributed by atoms with Gasteiger partial charge in [-0.15, -0.1) is 0 Å². The van der Waals surface area contributed by atoms with Crippen LogP contribution in [0.15, 0.2) is 47.0 Å². The monoisotopic (exact) mass is 424 g/mol. The van der Waals surface area contributed by atoms with Crippen LogP contribution < -0.4 is 10.1 Å². The summed E-state index contributed by atoms with van der Waals surface area (Å²) in [5, 5.41) is 7.04. The molecule has 162 valence electrons. The van der Waals surface area contributed by atoms with Crippen molar-refractivity contribution in [1.82, 2.24) is 15.0 Å². The number of nitrogens with zero attached hydrogens (tertiary/aromatic N) is 3. The smallest absolute Gasteiger partial charge is 0.321 e. The molecule has 2 heterocycles.